The maximum absolute atomic E-state index is 6.33. The zero-order valence-electron chi connectivity index (χ0n) is 11.2. The molecular formula is C15H15ClN4. The van der Waals surface area contributed by atoms with Gasteiger partial charge in [0.25, 0.3) is 0 Å². The minimum Gasteiger partial charge on any atom is -0.384 e. The van der Waals surface area contributed by atoms with E-state index in [0.29, 0.717) is 5.82 Å². The number of anilines is 1. The summed E-state index contributed by atoms with van der Waals surface area (Å²) in [6.07, 6.45) is 2.70. The molecule has 5 heteroatoms. The van der Waals surface area contributed by atoms with Gasteiger partial charge in [-0.1, -0.05) is 24.6 Å². The summed E-state index contributed by atoms with van der Waals surface area (Å²) in [4.78, 5) is 8.73. The molecule has 0 fully saturated rings. The molecule has 1 aromatic carbocycles. The molecule has 0 unspecified atom stereocenters. The summed E-state index contributed by atoms with van der Waals surface area (Å²) < 4.78 is 2.15. The van der Waals surface area contributed by atoms with Gasteiger partial charge in [-0.2, -0.15) is 0 Å². The van der Waals surface area contributed by atoms with Gasteiger partial charge in [-0.25, -0.2) is 9.97 Å². The molecule has 2 aromatic heterocycles. The van der Waals surface area contributed by atoms with Crippen LogP contribution in [0.4, 0.5) is 5.82 Å². The van der Waals surface area contributed by atoms with Gasteiger partial charge in [0.2, 0.25) is 0 Å². The predicted molar refractivity (Wildman–Crippen MR) is 82.7 cm³/mol. The summed E-state index contributed by atoms with van der Waals surface area (Å²) in [5.41, 5.74) is 8.60. The number of hydrogen-bond donors (Lipinski definition) is 1. The van der Waals surface area contributed by atoms with Gasteiger partial charge in [0.05, 0.1) is 16.1 Å². The fraction of sp³-hybridized carbons (Fsp3) is 0.200. The molecular weight excluding hydrogens is 272 g/mol. The monoisotopic (exact) mass is 286 g/mol. The second-order valence-electron chi connectivity index (χ2n) is 4.66. The number of nitrogen functional groups attached to an aromatic ring is 1. The molecule has 0 aliphatic heterocycles. The Bertz CT molecular complexity index is 764. The Labute approximate surface area is 122 Å². The van der Waals surface area contributed by atoms with Crippen molar-refractivity contribution in [3.05, 3.63) is 41.6 Å². The SMILES string of the molecule is CCCn1c(-c2ccnc(N)c2)nc2cccc(Cl)c21. The lowest BCUT2D eigenvalue weighted by Crippen LogP contribution is -2.01. The van der Waals surface area contributed by atoms with Crippen LogP contribution in [0.25, 0.3) is 22.4 Å². The average Bonchev–Trinajstić information content (AvgIpc) is 2.80. The van der Waals surface area contributed by atoms with Crippen LogP contribution >= 0.6 is 11.6 Å². The molecule has 2 heterocycles. The van der Waals surface area contributed by atoms with Crippen LogP contribution in [-0.2, 0) is 6.54 Å². The van der Waals surface area contributed by atoms with Crippen LogP contribution in [0.5, 0.6) is 0 Å². The minimum atomic E-state index is 0.490. The predicted octanol–water partition coefficient (Wildman–Crippen LogP) is 3.74. The van der Waals surface area contributed by atoms with E-state index in [0.717, 1.165) is 40.4 Å². The van der Waals surface area contributed by atoms with Crippen molar-refractivity contribution in [2.24, 2.45) is 0 Å². The highest BCUT2D eigenvalue weighted by Crippen LogP contribution is 2.30. The summed E-state index contributed by atoms with van der Waals surface area (Å²) in [7, 11) is 0. The Hall–Kier alpha value is -2.07. The maximum Gasteiger partial charge on any atom is 0.141 e. The molecule has 0 radical (unpaired) electrons. The lowest BCUT2D eigenvalue weighted by molar-refractivity contribution is 0.704. The number of nitrogens with zero attached hydrogens (tertiary/aromatic N) is 3. The van der Waals surface area contributed by atoms with Gasteiger partial charge in [-0.05, 0) is 30.7 Å². The number of para-hydroxylation sites is 1. The van der Waals surface area contributed by atoms with Crippen LogP contribution in [-0.4, -0.2) is 14.5 Å². The number of halogens is 1. The Balaban J connectivity index is 2.30. The number of aryl methyl sites for hydroxylation is 1. The molecule has 20 heavy (non-hydrogen) atoms. The summed E-state index contributed by atoms with van der Waals surface area (Å²) in [6, 6.07) is 9.53. The van der Waals surface area contributed by atoms with Crippen LogP contribution in [0.2, 0.25) is 5.02 Å². The lowest BCUT2D eigenvalue weighted by atomic mass is 10.2. The number of nitrogens with two attached hydrogens (primary N) is 1. The smallest absolute Gasteiger partial charge is 0.141 e. The Morgan fingerprint density at radius 1 is 1.30 bits per heavy atom. The molecule has 0 atom stereocenters. The third kappa shape index (κ3) is 2.12. The fourth-order valence-electron chi connectivity index (χ4n) is 2.39. The van der Waals surface area contributed by atoms with Gasteiger partial charge < -0.3 is 10.3 Å². The van der Waals surface area contributed by atoms with E-state index < -0.39 is 0 Å². The van der Waals surface area contributed by atoms with Crippen molar-refractivity contribution in [2.75, 3.05) is 5.73 Å². The van der Waals surface area contributed by atoms with Crippen LogP contribution in [0, 0.1) is 0 Å². The number of pyridine rings is 1. The average molecular weight is 287 g/mol. The van der Waals surface area contributed by atoms with Gasteiger partial charge in [0.1, 0.15) is 11.6 Å². The largest absolute Gasteiger partial charge is 0.384 e. The van der Waals surface area contributed by atoms with E-state index in [4.69, 9.17) is 22.3 Å². The molecule has 102 valence electrons. The Morgan fingerprint density at radius 2 is 2.15 bits per heavy atom. The fourth-order valence-corrected chi connectivity index (χ4v) is 2.66. The first-order valence-corrected chi connectivity index (χ1v) is 6.95. The van der Waals surface area contributed by atoms with Crippen molar-refractivity contribution in [2.45, 2.75) is 19.9 Å². The second kappa shape index (κ2) is 5.13. The molecule has 0 saturated heterocycles. The topological polar surface area (TPSA) is 56.7 Å². The molecule has 3 rings (SSSR count). The number of fused-ring (bicyclic) bond motifs is 1. The molecule has 0 amide bonds. The summed E-state index contributed by atoms with van der Waals surface area (Å²) in [6.45, 7) is 2.99. The molecule has 0 aliphatic carbocycles. The van der Waals surface area contributed by atoms with E-state index in [1.165, 1.54) is 0 Å². The second-order valence-corrected chi connectivity index (χ2v) is 5.07. The first kappa shape index (κ1) is 12.9. The number of imidazole rings is 1. The van der Waals surface area contributed by atoms with Gasteiger partial charge >= 0.3 is 0 Å². The van der Waals surface area contributed by atoms with Crippen molar-refractivity contribution in [3.8, 4) is 11.4 Å². The summed E-state index contributed by atoms with van der Waals surface area (Å²) >= 11 is 6.33. The minimum absolute atomic E-state index is 0.490. The quantitative estimate of drug-likeness (QED) is 0.798. The van der Waals surface area contributed by atoms with Crippen molar-refractivity contribution in [1.82, 2.24) is 14.5 Å². The lowest BCUT2D eigenvalue weighted by Gasteiger charge is -2.08. The number of aromatic nitrogens is 3. The Morgan fingerprint density at radius 3 is 2.90 bits per heavy atom. The van der Waals surface area contributed by atoms with Crippen LogP contribution < -0.4 is 5.73 Å². The molecule has 2 N–H and O–H groups in total. The zero-order valence-corrected chi connectivity index (χ0v) is 11.9. The Kier molecular flexibility index (Phi) is 3.32. The number of hydrogen-bond acceptors (Lipinski definition) is 3. The number of benzene rings is 1. The third-order valence-electron chi connectivity index (χ3n) is 3.20. The van der Waals surface area contributed by atoms with Gasteiger partial charge in [-0.15, -0.1) is 0 Å². The highest BCUT2D eigenvalue weighted by Gasteiger charge is 2.14. The van der Waals surface area contributed by atoms with E-state index in [-0.39, 0.29) is 0 Å². The molecule has 0 spiro atoms. The normalized spacial score (nSPS) is 11.1. The molecule has 4 nitrogen and oxygen atoms in total. The van der Waals surface area contributed by atoms with Crippen molar-refractivity contribution >= 4 is 28.5 Å². The van der Waals surface area contributed by atoms with Crippen LogP contribution in [0.1, 0.15) is 13.3 Å². The van der Waals surface area contributed by atoms with Crippen molar-refractivity contribution < 1.29 is 0 Å². The van der Waals surface area contributed by atoms with Gasteiger partial charge in [0.15, 0.2) is 0 Å². The van der Waals surface area contributed by atoms with E-state index in [9.17, 15) is 0 Å². The first-order valence-electron chi connectivity index (χ1n) is 6.57. The standard InChI is InChI=1S/C15H15ClN4/c1-2-8-20-14-11(16)4-3-5-12(14)19-15(20)10-6-7-18-13(17)9-10/h3-7,9H,2,8H2,1H3,(H2,17,18). The zero-order chi connectivity index (χ0) is 14.1. The summed E-state index contributed by atoms with van der Waals surface area (Å²) in [5, 5.41) is 0.719. The summed E-state index contributed by atoms with van der Waals surface area (Å²) in [5.74, 6) is 1.37. The molecule has 0 bridgehead atoms. The van der Waals surface area contributed by atoms with Crippen LogP contribution in [0.3, 0.4) is 0 Å². The highest BCUT2D eigenvalue weighted by molar-refractivity contribution is 6.35. The van der Waals surface area contributed by atoms with E-state index in [1.807, 2.05) is 30.3 Å². The van der Waals surface area contributed by atoms with E-state index in [2.05, 4.69) is 16.5 Å². The van der Waals surface area contributed by atoms with Gasteiger partial charge in [-0.3, -0.25) is 0 Å². The highest BCUT2D eigenvalue weighted by atomic mass is 35.5. The van der Waals surface area contributed by atoms with Crippen molar-refractivity contribution in [1.29, 1.82) is 0 Å². The van der Waals surface area contributed by atoms with Crippen molar-refractivity contribution in [3.63, 3.8) is 0 Å². The first-order chi connectivity index (χ1) is 9.70. The van der Waals surface area contributed by atoms with Crippen LogP contribution in [0.15, 0.2) is 36.5 Å². The third-order valence-corrected chi connectivity index (χ3v) is 3.51. The molecule has 0 aliphatic rings. The van der Waals surface area contributed by atoms with E-state index >= 15 is 0 Å². The van der Waals surface area contributed by atoms with E-state index in [1.54, 1.807) is 6.20 Å². The van der Waals surface area contributed by atoms with Gasteiger partial charge in [0, 0.05) is 18.3 Å². The maximum atomic E-state index is 6.33. The number of rotatable bonds is 3. The molecule has 3 aromatic rings. The molecule has 0 saturated carbocycles.